The largest absolute Gasteiger partial charge is 0.380 e. The van der Waals surface area contributed by atoms with Crippen LogP contribution in [0.15, 0.2) is 36.4 Å². The Kier molecular flexibility index (Phi) is 19.8. The number of rotatable bonds is 25. The van der Waals surface area contributed by atoms with Gasteiger partial charge in [0.2, 0.25) is 5.91 Å². The quantitative estimate of drug-likeness (QED) is 0.0597. The maximum Gasteiger partial charge on any atom is 0.220 e. The second kappa shape index (κ2) is 21.4. The van der Waals surface area contributed by atoms with Crippen LogP contribution < -0.4 is 20.9 Å². The van der Waals surface area contributed by atoms with Crippen molar-refractivity contribution < 1.29 is 9.53 Å². The van der Waals surface area contributed by atoms with Crippen LogP contribution in [0.4, 0.5) is 5.69 Å². The van der Waals surface area contributed by atoms with Gasteiger partial charge in [-0.25, -0.2) is 0 Å². The van der Waals surface area contributed by atoms with E-state index in [9.17, 15) is 4.79 Å². The summed E-state index contributed by atoms with van der Waals surface area (Å²) in [6.07, 6.45) is 3.54. The highest BCUT2D eigenvalue weighted by atomic mass is 35.5. The Bertz CT molecular complexity index is 902. The number of ether oxygens (including phenoxy) is 1. The van der Waals surface area contributed by atoms with Gasteiger partial charge in [0, 0.05) is 56.6 Å². The molecule has 0 saturated heterocycles. The third kappa shape index (κ3) is 19.6. The zero-order valence-corrected chi connectivity index (χ0v) is 29.8. The minimum absolute atomic E-state index is 0.00592. The van der Waals surface area contributed by atoms with Crippen LogP contribution in [0.1, 0.15) is 79.7 Å². The van der Waals surface area contributed by atoms with Crippen LogP contribution in [0.3, 0.4) is 0 Å². The molecular formula is C35H62Cl2N4O2. The van der Waals surface area contributed by atoms with Crippen LogP contribution in [0, 0.1) is 22.7 Å². The molecule has 0 heterocycles. The SMILES string of the molecule is C=C(C)CNCC(C)CC(C)CC(=O)NCCC(C)(C)COCC(C)(C)CCNCc1ccc(N(CCCl)CCCl)cc1. The summed E-state index contributed by atoms with van der Waals surface area (Å²) in [7, 11) is 0. The van der Waals surface area contributed by atoms with E-state index in [1.54, 1.807) is 0 Å². The molecule has 1 aromatic rings. The Balaban J connectivity index is 2.25. The molecule has 1 rings (SSSR count). The van der Waals surface area contributed by atoms with Crippen LogP contribution in [0.2, 0.25) is 0 Å². The van der Waals surface area contributed by atoms with E-state index in [0.717, 1.165) is 69.8 Å². The standard InChI is InChI=1S/C35H62Cl2N4O2/c1-28(2)23-39-24-30(4)21-29(3)22-33(42)40-18-14-35(7,8)27-43-26-34(5,6)13-17-38-25-31-9-11-32(12-10-31)41(19-15-36)20-16-37/h9-12,29-30,38-39H,1,13-27H2,2-8H3,(H,40,42). The topological polar surface area (TPSA) is 65.6 Å². The molecule has 0 aliphatic heterocycles. The lowest BCUT2D eigenvalue weighted by Crippen LogP contribution is -2.32. The van der Waals surface area contributed by atoms with E-state index < -0.39 is 0 Å². The first kappa shape index (κ1) is 39.7. The van der Waals surface area contributed by atoms with E-state index in [4.69, 9.17) is 27.9 Å². The molecule has 6 nitrogen and oxygen atoms in total. The summed E-state index contributed by atoms with van der Waals surface area (Å²) in [5.41, 5.74) is 3.66. The Labute approximate surface area is 274 Å². The van der Waals surface area contributed by atoms with E-state index in [0.29, 0.717) is 49.8 Å². The van der Waals surface area contributed by atoms with Crippen LogP contribution in [0.5, 0.6) is 0 Å². The van der Waals surface area contributed by atoms with Crippen molar-refractivity contribution in [3.63, 3.8) is 0 Å². The first-order chi connectivity index (χ1) is 20.3. The Morgan fingerprint density at radius 2 is 1.51 bits per heavy atom. The number of nitrogens with zero attached hydrogens (tertiary/aromatic N) is 1. The smallest absolute Gasteiger partial charge is 0.220 e. The minimum Gasteiger partial charge on any atom is -0.380 e. The van der Waals surface area contributed by atoms with Gasteiger partial charge in [-0.3, -0.25) is 4.79 Å². The van der Waals surface area contributed by atoms with Crippen molar-refractivity contribution in [1.82, 2.24) is 16.0 Å². The van der Waals surface area contributed by atoms with E-state index >= 15 is 0 Å². The van der Waals surface area contributed by atoms with Gasteiger partial charge in [0.15, 0.2) is 0 Å². The first-order valence-electron chi connectivity index (χ1n) is 16.1. The molecule has 248 valence electrons. The second-order valence-corrected chi connectivity index (χ2v) is 14.9. The lowest BCUT2D eigenvalue weighted by atomic mass is 9.88. The minimum atomic E-state index is 0.00592. The lowest BCUT2D eigenvalue weighted by Gasteiger charge is -2.29. The molecule has 1 amide bonds. The molecule has 2 atom stereocenters. The van der Waals surface area contributed by atoms with Gasteiger partial charge in [-0.05, 0) is 79.6 Å². The van der Waals surface area contributed by atoms with Crippen molar-refractivity contribution in [2.24, 2.45) is 22.7 Å². The zero-order chi connectivity index (χ0) is 32.3. The van der Waals surface area contributed by atoms with E-state index in [2.05, 4.69) is 93.2 Å². The molecule has 3 N–H and O–H groups in total. The third-order valence-electron chi connectivity index (χ3n) is 7.69. The molecule has 8 heteroatoms. The number of hydrogen-bond acceptors (Lipinski definition) is 5. The van der Waals surface area contributed by atoms with Crippen LogP contribution >= 0.6 is 23.2 Å². The number of nitrogens with one attached hydrogen (secondary N) is 3. The molecular weight excluding hydrogens is 579 g/mol. The van der Waals surface area contributed by atoms with Gasteiger partial charge >= 0.3 is 0 Å². The number of carbonyl (C=O) groups excluding carboxylic acids is 1. The summed E-state index contributed by atoms with van der Waals surface area (Å²) in [4.78, 5) is 14.7. The molecule has 0 bridgehead atoms. The highest BCUT2D eigenvalue weighted by Gasteiger charge is 2.23. The number of halogens is 2. The Morgan fingerprint density at radius 1 is 0.930 bits per heavy atom. The van der Waals surface area contributed by atoms with Gasteiger partial charge in [-0.2, -0.15) is 0 Å². The van der Waals surface area contributed by atoms with Crippen molar-refractivity contribution in [1.29, 1.82) is 0 Å². The van der Waals surface area contributed by atoms with E-state index in [1.165, 1.54) is 5.56 Å². The number of benzene rings is 1. The fourth-order valence-electron chi connectivity index (χ4n) is 5.12. The van der Waals surface area contributed by atoms with Gasteiger partial charge in [-0.1, -0.05) is 65.8 Å². The monoisotopic (exact) mass is 640 g/mol. The van der Waals surface area contributed by atoms with Crippen molar-refractivity contribution in [2.45, 2.75) is 80.7 Å². The van der Waals surface area contributed by atoms with E-state index in [-0.39, 0.29) is 16.7 Å². The molecule has 0 fully saturated rings. The average molecular weight is 642 g/mol. The summed E-state index contributed by atoms with van der Waals surface area (Å²) in [5.74, 6) is 2.23. The fourth-order valence-corrected chi connectivity index (χ4v) is 5.53. The molecule has 0 spiro atoms. The second-order valence-electron chi connectivity index (χ2n) is 14.1. The summed E-state index contributed by atoms with van der Waals surface area (Å²) >= 11 is 11.9. The van der Waals surface area contributed by atoms with Crippen LogP contribution in [-0.4, -0.2) is 70.1 Å². The van der Waals surface area contributed by atoms with Crippen molar-refractivity contribution in [3.8, 4) is 0 Å². The predicted octanol–water partition coefficient (Wildman–Crippen LogP) is 7.24. The van der Waals surface area contributed by atoms with E-state index in [1.807, 2.05) is 6.92 Å². The number of anilines is 1. The molecule has 2 unspecified atom stereocenters. The molecule has 1 aromatic carbocycles. The zero-order valence-electron chi connectivity index (χ0n) is 28.3. The molecule has 43 heavy (non-hydrogen) atoms. The van der Waals surface area contributed by atoms with Gasteiger partial charge < -0.3 is 25.6 Å². The maximum atomic E-state index is 12.5. The molecule has 0 saturated carbocycles. The molecule has 0 radical (unpaired) electrons. The van der Waals surface area contributed by atoms with Crippen molar-refractivity contribution in [3.05, 3.63) is 42.0 Å². The number of alkyl halides is 2. The van der Waals surface area contributed by atoms with Crippen molar-refractivity contribution >= 4 is 34.8 Å². The van der Waals surface area contributed by atoms with Crippen LogP contribution in [-0.2, 0) is 16.1 Å². The molecule has 0 aromatic heterocycles. The van der Waals surface area contributed by atoms with Gasteiger partial charge in [-0.15, -0.1) is 23.2 Å². The number of hydrogen-bond donors (Lipinski definition) is 3. The van der Waals surface area contributed by atoms with Crippen LogP contribution in [0.25, 0.3) is 0 Å². The summed E-state index contributed by atoms with van der Waals surface area (Å²) in [5, 5.41) is 10.1. The highest BCUT2D eigenvalue weighted by molar-refractivity contribution is 6.18. The highest BCUT2D eigenvalue weighted by Crippen LogP contribution is 2.25. The predicted molar refractivity (Wildman–Crippen MR) is 188 cm³/mol. The maximum absolute atomic E-state index is 12.5. The Hall–Kier alpha value is -1.31. The summed E-state index contributed by atoms with van der Waals surface area (Å²) in [6, 6.07) is 8.63. The van der Waals surface area contributed by atoms with Gasteiger partial charge in [0.1, 0.15) is 0 Å². The summed E-state index contributed by atoms with van der Waals surface area (Å²) < 4.78 is 6.19. The van der Waals surface area contributed by atoms with Crippen molar-refractivity contribution in [2.75, 3.05) is 69.1 Å². The first-order valence-corrected chi connectivity index (χ1v) is 17.2. The fraction of sp³-hybridized carbons (Fsp3) is 0.743. The number of carbonyl (C=O) groups is 1. The lowest BCUT2D eigenvalue weighted by molar-refractivity contribution is -0.122. The van der Waals surface area contributed by atoms with Gasteiger partial charge in [0.25, 0.3) is 0 Å². The van der Waals surface area contributed by atoms with Gasteiger partial charge in [0.05, 0.1) is 13.2 Å². The Morgan fingerprint density at radius 3 is 2.07 bits per heavy atom. The number of amides is 1. The molecule has 0 aliphatic carbocycles. The average Bonchev–Trinajstić information content (AvgIpc) is 2.90. The third-order valence-corrected chi connectivity index (χ3v) is 8.02. The molecule has 0 aliphatic rings. The summed E-state index contributed by atoms with van der Waals surface area (Å²) in [6.45, 7) is 26.6. The normalized spacial score (nSPS) is 13.5.